The molecule has 0 saturated carbocycles. The van der Waals surface area contributed by atoms with Crippen LogP contribution in [0.2, 0.25) is 20.1 Å². The standard InChI is InChI=1S/C36H18Cl4N4/c37-21-9-1-5-17-25-13-30-34-19(7-3-10-22(34)38)27(42-30)15-32-36-20(8-4-12-24(36)40)28(44-32)16-31-35-18(6-2-11-23(35)39)26(43-31)14-29(41-25)33(17)21/h1-16,41,44H. The molecule has 0 atom stereocenters. The van der Waals surface area contributed by atoms with Crippen LogP contribution >= 0.6 is 46.4 Å². The highest BCUT2D eigenvalue weighted by molar-refractivity contribution is 6.39. The van der Waals surface area contributed by atoms with E-state index in [4.69, 9.17) is 56.4 Å². The van der Waals surface area contributed by atoms with Gasteiger partial charge in [0.15, 0.2) is 0 Å². The van der Waals surface area contributed by atoms with Crippen molar-refractivity contribution in [2.24, 2.45) is 0 Å². The molecule has 3 aromatic heterocycles. The average Bonchev–Trinajstić information content (AvgIpc) is 3.74. The van der Waals surface area contributed by atoms with Gasteiger partial charge < -0.3 is 9.97 Å². The lowest BCUT2D eigenvalue weighted by molar-refractivity contribution is 1.40. The molecule has 0 aliphatic carbocycles. The van der Waals surface area contributed by atoms with Gasteiger partial charge in [-0.3, -0.25) is 0 Å². The highest BCUT2D eigenvalue weighted by Gasteiger charge is 2.22. The van der Waals surface area contributed by atoms with Gasteiger partial charge in [-0.2, -0.15) is 0 Å². The van der Waals surface area contributed by atoms with Crippen LogP contribution < -0.4 is 0 Å². The lowest BCUT2D eigenvalue weighted by Crippen LogP contribution is -1.78. The molecule has 0 fully saturated rings. The summed E-state index contributed by atoms with van der Waals surface area (Å²) in [6, 6.07) is 31.7. The van der Waals surface area contributed by atoms with E-state index in [1.54, 1.807) is 0 Å². The first-order valence-corrected chi connectivity index (χ1v) is 15.4. The molecule has 0 unspecified atom stereocenters. The van der Waals surface area contributed by atoms with Gasteiger partial charge in [0.2, 0.25) is 0 Å². The van der Waals surface area contributed by atoms with Crippen molar-refractivity contribution in [2.75, 3.05) is 0 Å². The number of nitrogens with zero attached hydrogens (tertiary/aromatic N) is 2. The van der Waals surface area contributed by atoms with E-state index >= 15 is 0 Å². The Hall–Kier alpha value is -4.32. The molecule has 9 rings (SSSR count). The number of rotatable bonds is 0. The van der Waals surface area contributed by atoms with Crippen LogP contribution in [-0.2, 0) is 0 Å². The second kappa shape index (κ2) is 9.59. The summed E-state index contributed by atoms with van der Waals surface area (Å²) in [5.74, 6) is 0. The Labute approximate surface area is 270 Å². The van der Waals surface area contributed by atoms with Crippen LogP contribution in [0.1, 0.15) is 0 Å². The van der Waals surface area contributed by atoms with Gasteiger partial charge in [0.1, 0.15) is 0 Å². The number of hydrogen-bond donors (Lipinski definition) is 2. The molecular formula is C36H18Cl4N4. The van der Waals surface area contributed by atoms with Crippen LogP contribution in [0, 0.1) is 0 Å². The Bertz CT molecular complexity index is 2380. The molecule has 0 radical (unpaired) electrons. The van der Waals surface area contributed by atoms with E-state index < -0.39 is 0 Å². The highest BCUT2D eigenvalue weighted by atomic mass is 35.5. The molecule has 0 spiro atoms. The Morgan fingerprint density at radius 1 is 0.409 bits per heavy atom. The monoisotopic (exact) mass is 646 g/mol. The maximum absolute atomic E-state index is 6.83. The average molecular weight is 648 g/mol. The largest absolute Gasteiger partial charge is 0.354 e. The van der Waals surface area contributed by atoms with Gasteiger partial charge in [-0.05, 0) is 48.5 Å². The number of halogens is 4. The fraction of sp³-hybridized carbons (Fsp3) is 0. The van der Waals surface area contributed by atoms with Crippen molar-refractivity contribution in [1.29, 1.82) is 0 Å². The number of aromatic amines is 2. The third kappa shape index (κ3) is 3.79. The minimum atomic E-state index is 0.624. The van der Waals surface area contributed by atoms with E-state index in [2.05, 4.69) is 22.1 Å². The molecule has 0 saturated heterocycles. The van der Waals surface area contributed by atoms with Crippen LogP contribution in [0.3, 0.4) is 0 Å². The zero-order chi connectivity index (χ0) is 29.7. The van der Waals surface area contributed by atoms with Crippen molar-refractivity contribution >= 4 is 90.0 Å². The second-order valence-corrected chi connectivity index (χ2v) is 12.5. The summed E-state index contributed by atoms with van der Waals surface area (Å²) < 4.78 is 0. The smallest absolute Gasteiger partial charge is 0.0752 e. The lowest BCUT2D eigenvalue weighted by atomic mass is 10.0. The van der Waals surface area contributed by atoms with Crippen molar-refractivity contribution < 1.29 is 0 Å². The molecular weight excluding hydrogens is 630 g/mol. The summed E-state index contributed by atoms with van der Waals surface area (Å²) in [6.07, 6.45) is 0. The molecule has 8 bridgehead atoms. The molecule has 2 aliphatic rings. The normalized spacial score (nSPS) is 12.1. The number of benzene rings is 4. The van der Waals surface area contributed by atoms with E-state index in [9.17, 15) is 0 Å². The minimum Gasteiger partial charge on any atom is -0.354 e. The van der Waals surface area contributed by atoms with Gasteiger partial charge in [0, 0.05) is 54.8 Å². The van der Waals surface area contributed by atoms with E-state index in [1.165, 1.54) is 0 Å². The number of hydrogen-bond acceptors (Lipinski definition) is 2. The topological polar surface area (TPSA) is 57.4 Å². The van der Waals surface area contributed by atoms with E-state index in [0.29, 0.717) is 20.1 Å². The number of fused-ring (bicyclic) bond motifs is 20. The van der Waals surface area contributed by atoms with E-state index in [0.717, 1.165) is 88.6 Å². The van der Waals surface area contributed by atoms with Gasteiger partial charge in [-0.1, -0.05) is 94.9 Å². The summed E-state index contributed by atoms with van der Waals surface area (Å²) >= 11 is 27.3. The van der Waals surface area contributed by atoms with Crippen LogP contribution in [0.25, 0.3) is 88.6 Å². The van der Waals surface area contributed by atoms with Crippen LogP contribution in [0.15, 0.2) is 97.1 Å². The summed E-state index contributed by atoms with van der Waals surface area (Å²) in [5, 5.41) is 6.25. The molecule has 8 heteroatoms. The first kappa shape index (κ1) is 26.1. The maximum atomic E-state index is 6.83. The number of aromatic nitrogens is 4. The molecule has 7 aromatic rings. The Morgan fingerprint density at radius 2 is 0.795 bits per heavy atom. The number of H-pyrrole nitrogens is 2. The summed E-state index contributed by atoms with van der Waals surface area (Å²) in [4.78, 5) is 17.5. The van der Waals surface area contributed by atoms with Crippen LogP contribution in [0.5, 0.6) is 0 Å². The molecule has 5 heterocycles. The SMILES string of the molecule is Clc1cccc2c1-c1cc3[nH]c(cc4nc(cc5[nH]c(cc-2n1)c1c(Cl)cccc51)-c1c(Cl)cccc1-4)c1c(Cl)cccc31. The van der Waals surface area contributed by atoms with E-state index in [-0.39, 0.29) is 0 Å². The van der Waals surface area contributed by atoms with Gasteiger partial charge in [-0.15, -0.1) is 0 Å². The predicted octanol–water partition coefficient (Wildman–Crippen LogP) is 11.9. The van der Waals surface area contributed by atoms with Crippen molar-refractivity contribution in [2.45, 2.75) is 0 Å². The van der Waals surface area contributed by atoms with Crippen LogP contribution in [-0.4, -0.2) is 19.9 Å². The third-order valence-electron chi connectivity index (χ3n) is 8.38. The van der Waals surface area contributed by atoms with Crippen molar-refractivity contribution in [1.82, 2.24) is 19.9 Å². The van der Waals surface area contributed by atoms with Crippen molar-refractivity contribution in [3.05, 3.63) is 117 Å². The van der Waals surface area contributed by atoms with Gasteiger partial charge >= 0.3 is 0 Å². The van der Waals surface area contributed by atoms with Crippen molar-refractivity contribution in [3.63, 3.8) is 0 Å². The molecule has 4 nitrogen and oxygen atoms in total. The van der Waals surface area contributed by atoms with Crippen molar-refractivity contribution in [3.8, 4) is 45.0 Å². The minimum absolute atomic E-state index is 0.624. The third-order valence-corrected chi connectivity index (χ3v) is 9.64. The zero-order valence-corrected chi connectivity index (χ0v) is 25.7. The molecule has 0 amide bonds. The summed E-state index contributed by atoms with van der Waals surface area (Å²) in [6.45, 7) is 0. The lowest BCUT2D eigenvalue weighted by Gasteiger charge is -2.01. The second-order valence-electron chi connectivity index (χ2n) is 10.9. The summed E-state index contributed by atoms with van der Waals surface area (Å²) in [5.41, 5.74) is 10.1. The Kier molecular flexibility index (Phi) is 5.69. The molecule has 44 heavy (non-hydrogen) atoms. The molecule has 2 aliphatic heterocycles. The highest BCUT2D eigenvalue weighted by Crippen LogP contribution is 2.44. The molecule has 4 aromatic carbocycles. The molecule has 2 N–H and O–H groups in total. The quantitative estimate of drug-likeness (QED) is 0.172. The summed E-state index contributed by atoms with van der Waals surface area (Å²) in [7, 11) is 0. The van der Waals surface area contributed by atoms with Gasteiger partial charge in [0.25, 0.3) is 0 Å². The van der Waals surface area contributed by atoms with Crippen LogP contribution in [0.4, 0.5) is 0 Å². The zero-order valence-electron chi connectivity index (χ0n) is 22.6. The van der Waals surface area contributed by atoms with Gasteiger partial charge in [-0.25, -0.2) is 9.97 Å². The van der Waals surface area contributed by atoms with E-state index in [1.807, 2.05) is 84.9 Å². The first-order chi connectivity index (χ1) is 21.4. The maximum Gasteiger partial charge on any atom is 0.0752 e. The Balaban J connectivity index is 1.54. The predicted molar refractivity (Wildman–Crippen MR) is 185 cm³/mol. The fourth-order valence-electron chi connectivity index (χ4n) is 6.50. The first-order valence-electron chi connectivity index (χ1n) is 13.9. The van der Waals surface area contributed by atoms with Gasteiger partial charge in [0.05, 0.1) is 53.9 Å². The molecule has 210 valence electrons. The number of nitrogens with one attached hydrogen (secondary N) is 2. The fourth-order valence-corrected chi connectivity index (χ4v) is 7.60. The Morgan fingerprint density at radius 3 is 1.25 bits per heavy atom.